The minimum absolute atomic E-state index is 0.658. The molecule has 1 fully saturated rings. The van der Waals surface area contributed by atoms with Crippen molar-refractivity contribution >= 4 is 35.4 Å². The Hall–Kier alpha value is -3.10. The van der Waals surface area contributed by atoms with Gasteiger partial charge in [-0.2, -0.15) is 5.10 Å². The molecule has 1 N–H and O–H groups in total. The molecular weight excluding hydrogens is 432 g/mol. The number of aromatic nitrogens is 4. The van der Waals surface area contributed by atoms with E-state index in [1.54, 1.807) is 0 Å². The van der Waals surface area contributed by atoms with Gasteiger partial charge in [-0.3, -0.25) is 5.10 Å². The van der Waals surface area contributed by atoms with Gasteiger partial charge in [-0.15, -0.1) is 12.6 Å². The molecule has 172 valence electrons. The van der Waals surface area contributed by atoms with Crippen molar-refractivity contribution in [2.75, 3.05) is 44.8 Å². The monoisotopic (exact) mass is 462 g/mol. The average Bonchev–Trinajstić information content (AvgIpc) is 3.32. The first kappa shape index (κ1) is 23.1. The number of anilines is 1. The topological polar surface area (TPSA) is 70.2 Å². The van der Waals surface area contributed by atoms with Crippen LogP contribution in [0.15, 0.2) is 59.3 Å². The second-order valence-corrected chi connectivity index (χ2v) is 8.54. The van der Waals surface area contributed by atoms with Crippen molar-refractivity contribution in [3.63, 3.8) is 0 Å². The van der Waals surface area contributed by atoms with Crippen LogP contribution < -0.4 is 4.90 Å². The van der Waals surface area contributed by atoms with Gasteiger partial charge in [0.1, 0.15) is 5.82 Å². The van der Waals surface area contributed by atoms with Crippen LogP contribution in [0.25, 0.3) is 28.4 Å². The lowest BCUT2D eigenvalue weighted by atomic mass is 10.1. The molecule has 0 atom stereocenters. The predicted octanol–water partition coefficient (Wildman–Crippen LogP) is 4.57. The summed E-state index contributed by atoms with van der Waals surface area (Å²) in [7, 11) is 2.06. The number of ether oxygens (including phenoxy) is 1. The van der Waals surface area contributed by atoms with Crippen LogP contribution in [0.3, 0.4) is 0 Å². The Labute approximate surface area is 200 Å². The fourth-order valence-electron chi connectivity index (χ4n) is 3.74. The number of nitrogens with one attached hydrogen (secondary N) is 1. The number of thiol groups is 1. The Balaban J connectivity index is 1.70. The Morgan fingerprint density at radius 2 is 2.06 bits per heavy atom. The third-order valence-electron chi connectivity index (χ3n) is 5.63. The summed E-state index contributed by atoms with van der Waals surface area (Å²) in [5, 5.41) is 8.21. The molecule has 0 spiro atoms. The van der Waals surface area contributed by atoms with Crippen molar-refractivity contribution in [3.05, 3.63) is 60.1 Å². The van der Waals surface area contributed by atoms with Crippen molar-refractivity contribution in [1.82, 2.24) is 25.1 Å². The number of likely N-dealkylation sites (N-methyl/N-ethyl adjacent to an activating group) is 1. The smallest absolute Gasteiger partial charge is 0.162 e. The van der Waals surface area contributed by atoms with E-state index in [2.05, 4.69) is 53.2 Å². The molecule has 8 heteroatoms. The number of rotatable bonds is 7. The van der Waals surface area contributed by atoms with Gasteiger partial charge in [-0.25, -0.2) is 9.97 Å². The average molecular weight is 463 g/mol. The molecule has 7 nitrogen and oxygen atoms in total. The van der Waals surface area contributed by atoms with E-state index >= 15 is 0 Å². The number of morpholine rings is 1. The van der Waals surface area contributed by atoms with Crippen molar-refractivity contribution in [3.8, 4) is 11.4 Å². The van der Waals surface area contributed by atoms with E-state index < -0.39 is 0 Å². The van der Waals surface area contributed by atoms with E-state index in [1.165, 1.54) is 5.57 Å². The molecule has 0 unspecified atom stereocenters. The third-order valence-corrected chi connectivity index (χ3v) is 6.06. The number of nitrogens with zero attached hydrogens (tertiary/aromatic N) is 5. The van der Waals surface area contributed by atoms with E-state index in [0.29, 0.717) is 19.0 Å². The first-order valence-electron chi connectivity index (χ1n) is 11.1. The lowest BCUT2D eigenvalue weighted by Crippen LogP contribution is -2.37. The molecule has 0 bridgehead atoms. The molecule has 3 aromatic rings. The molecule has 1 aliphatic rings. The fourth-order valence-corrected chi connectivity index (χ4v) is 4.05. The lowest BCUT2D eigenvalue weighted by molar-refractivity contribution is 0.122. The van der Waals surface area contributed by atoms with Gasteiger partial charge in [-0.1, -0.05) is 29.9 Å². The van der Waals surface area contributed by atoms with Gasteiger partial charge in [0.25, 0.3) is 0 Å². The summed E-state index contributed by atoms with van der Waals surface area (Å²) in [5.74, 6) is 1.49. The first-order chi connectivity index (χ1) is 16.1. The summed E-state index contributed by atoms with van der Waals surface area (Å²) in [4.78, 5) is 14.9. The maximum Gasteiger partial charge on any atom is 0.162 e. The van der Waals surface area contributed by atoms with Crippen LogP contribution in [-0.2, 0) is 4.74 Å². The van der Waals surface area contributed by atoms with E-state index in [1.807, 2.05) is 42.6 Å². The second-order valence-electron chi connectivity index (χ2n) is 8.09. The van der Waals surface area contributed by atoms with Crippen LogP contribution >= 0.6 is 12.6 Å². The molecule has 0 amide bonds. The summed E-state index contributed by atoms with van der Waals surface area (Å²) in [5.41, 5.74) is 4.00. The van der Waals surface area contributed by atoms with Crippen LogP contribution in [0.5, 0.6) is 0 Å². The Morgan fingerprint density at radius 1 is 1.24 bits per heavy atom. The Bertz CT molecular complexity index is 1190. The molecule has 3 heterocycles. The second kappa shape index (κ2) is 10.7. The highest BCUT2D eigenvalue weighted by molar-refractivity contribution is 7.80. The predicted molar refractivity (Wildman–Crippen MR) is 138 cm³/mol. The van der Waals surface area contributed by atoms with Crippen molar-refractivity contribution in [2.45, 2.75) is 18.7 Å². The normalized spacial score (nSPS) is 15.3. The zero-order valence-electron chi connectivity index (χ0n) is 19.3. The first-order valence-corrected chi connectivity index (χ1v) is 11.5. The van der Waals surface area contributed by atoms with Crippen molar-refractivity contribution in [2.24, 2.45) is 0 Å². The van der Waals surface area contributed by atoms with Crippen LogP contribution in [0, 0.1) is 0 Å². The SMILES string of the molecule is C/C=C(/C)CN(C)/C=C/C=C/c1nc(-c2cccc3[nH]ncc23)nc(N2CCOCC2)c1S. The molecule has 1 aliphatic heterocycles. The molecule has 0 saturated carbocycles. The molecule has 2 aromatic heterocycles. The van der Waals surface area contributed by atoms with Crippen LogP contribution in [-0.4, -0.2) is 65.0 Å². The summed E-state index contributed by atoms with van der Waals surface area (Å²) < 4.78 is 5.54. The Kier molecular flexibility index (Phi) is 7.47. The number of benzene rings is 1. The van der Waals surface area contributed by atoms with Crippen molar-refractivity contribution in [1.29, 1.82) is 0 Å². The highest BCUT2D eigenvalue weighted by Crippen LogP contribution is 2.32. The Morgan fingerprint density at radius 3 is 2.85 bits per heavy atom. The van der Waals surface area contributed by atoms with Gasteiger partial charge in [0, 0.05) is 37.6 Å². The van der Waals surface area contributed by atoms with Gasteiger partial charge in [0.15, 0.2) is 5.82 Å². The standard InChI is InChI=1S/C25H30N6OS/c1-4-18(2)17-30(3)11-6-5-9-22-23(33)25(31-12-14-32-15-13-31)28-24(27-22)19-8-7-10-21-20(19)16-26-29-21/h4-11,16,33H,12-15,17H2,1-3H3,(H,26,29)/b9-5+,11-6+,18-4-. The maximum absolute atomic E-state index is 5.54. The molecule has 1 aromatic carbocycles. The van der Waals surface area contributed by atoms with Gasteiger partial charge >= 0.3 is 0 Å². The minimum Gasteiger partial charge on any atom is -0.378 e. The summed E-state index contributed by atoms with van der Waals surface area (Å²) in [6, 6.07) is 6.02. The summed E-state index contributed by atoms with van der Waals surface area (Å²) >= 11 is 4.82. The van der Waals surface area contributed by atoms with E-state index in [0.717, 1.165) is 52.5 Å². The minimum atomic E-state index is 0.658. The van der Waals surface area contributed by atoms with E-state index in [4.69, 9.17) is 27.3 Å². The maximum atomic E-state index is 5.54. The molecule has 33 heavy (non-hydrogen) atoms. The zero-order valence-corrected chi connectivity index (χ0v) is 20.2. The zero-order chi connectivity index (χ0) is 23.2. The third kappa shape index (κ3) is 5.46. The number of fused-ring (bicyclic) bond motifs is 1. The molecule has 0 aliphatic carbocycles. The van der Waals surface area contributed by atoms with Gasteiger partial charge < -0.3 is 14.5 Å². The van der Waals surface area contributed by atoms with Crippen LogP contribution in [0.1, 0.15) is 19.5 Å². The number of H-pyrrole nitrogens is 1. The molecule has 0 radical (unpaired) electrons. The van der Waals surface area contributed by atoms with Crippen LogP contribution in [0.2, 0.25) is 0 Å². The van der Waals surface area contributed by atoms with Gasteiger partial charge in [0.2, 0.25) is 0 Å². The summed E-state index contributed by atoms with van der Waals surface area (Å²) in [6.45, 7) is 7.99. The molecule has 4 rings (SSSR count). The molecule has 1 saturated heterocycles. The van der Waals surface area contributed by atoms with Crippen LogP contribution in [0.4, 0.5) is 5.82 Å². The van der Waals surface area contributed by atoms with Gasteiger partial charge in [0.05, 0.1) is 35.5 Å². The number of allylic oxidation sites excluding steroid dienone is 3. The fraction of sp³-hybridized carbons (Fsp3) is 0.320. The van der Waals surface area contributed by atoms with Gasteiger partial charge in [-0.05, 0) is 38.3 Å². The van der Waals surface area contributed by atoms with E-state index in [9.17, 15) is 0 Å². The molecular formula is C25H30N6OS. The highest BCUT2D eigenvalue weighted by atomic mass is 32.1. The quantitative estimate of drug-likeness (QED) is 0.305. The number of hydrogen-bond acceptors (Lipinski definition) is 7. The van der Waals surface area contributed by atoms with Crippen molar-refractivity contribution < 1.29 is 4.74 Å². The van der Waals surface area contributed by atoms with E-state index in [-0.39, 0.29) is 0 Å². The number of aromatic amines is 1. The lowest BCUT2D eigenvalue weighted by Gasteiger charge is -2.29. The number of hydrogen-bond donors (Lipinski definition) is 2. The highest BCUT2D eigenvalue weighted by Gasteiger charge is 2.20. The largest absolute Gasteiger partial charge is 0.378 e. The summed E-state index contributed by atoms with van der Waals surface area (Å²) in [6.07, 6.45) is 12.0.